The first-order valence-electron chi connectivity index (χ1n) is 9.70. The summed E-state index contributed by atoms with van der Waals surface area (Å²) in [4.78, 5) is 32.5. The van der Waals surface area contributed by atoms with Crippen molar-refractivity contribution < 1.29 is 28.5 Å². The van der Waals surface area contributed by atoms with E-state index in [0.29, 0.717) is 17.1 Å². The van der Waals surface area contributed by atoms with Gasteiger partial charge in [-0.15, -0.1) is 0 Å². The maximum atomic E-state index is 13.9. The van der Waals surface area contributed by atoms with E-state index in [2.05, 4.69) is 10.5 Å². The van der Waals surface area contributed by atoms with E-state index in [1.807, 2.05) is 0 Å². The second kappa shape index (κ2) is 11.0. The second-order valence-corrected chi connectivity index (χ2v) is 7.26. The number of amides is 1. The predicted molar refractivity (Wildman–Crippen MR) is 124 cm³/mol. The molecule has 0 saturated carbocycles. The highest BCUT2D eigenvalue weighted by atomic mass is 35.5. The van der Waals surface area contributed by atoms with Crippen molar-refractivity contribution in [2.45, 2.75) is 6.61 Å². The number of nitrogens with one attached hydrogen (secondary N) is 1. The standard InChI is InChI=1S/C22H16ClFN4O7/c1-34-21-7-13(5-6-20(21)35-12-17-18(23)3-2-4-19(17)24)11-25-26-22(29)14-8-15(27(30)31)10-16(9-14)28(32)33/h2-11H,12H2,1H3,(H,26,29). The minimum absolute atomic E-state index is 0.138. The van der Waals surface area contributed by atoms with Crippen molar-refractivity contribution in [2.75, 3.05) is 7.11 Å². The number of benzene rings is 3. The average Bonchev–Trinajstić information content (AvgIpc) is 2.83. The molecule has 0 heterocycles. The van der Waals surface area contributed by atoms with Crippen LogP contribution < -0.4 is 14.9 Å². The lowest BCUT2D eigenvalue weighted by molar-refractivity contribution is -0.394. The Hall–Kier alpha value is -4.58. The quantitative estimate of drug-likeness (QED) is 0.254. The van der Waals surface area contributed by atoms with E-state index in [9.17, 15) is 29.4 Å². The molecular weight excluding hydrogens is 487 g/mol. The van der Waals surface area contributed by atoms with Crippen molar-refractivity contribution in [2.24, 2.45) is 5.10 Å². The predicted octanol–water partition coefficient (Wildman–Crippen LogP) is 4.65. The first kappa shape index (κ1) is 25.1. The van der Waals surface area contributed by atoms with E-state index in [0.717, 1.165) is 18.2 Å². The molecule has 3 aromatic rings. The lowest BCUT2D eigenvalue weighted by atomic mass is 10.1. The van der Waals surface area contributed by atoms with Crippen LogP contribution in [0.1, 0.15) is 21.5 Å². The van der Waals surface area contributed by atoms with Gasteiger partial charge in [0.25, 0.3) is 17.3 Å². The van der Waals surface area contributed by atoms with Gasteiger partial charge in [-0.25, -0.2) is 9.82 Å². The maximum Gasteiger partial charge on any atom is 0.277 e. The van der Waals surface area contributed by atoms with Crippen molar-refractivity contribution in [3.8, 4) is 11.5 Å². The van der Waals surface area contributed by atoms with Gasteiger partial charge in [-0.3, -0.25) is 25.0 Å². The molecule has 1 amide bonds. The number of carbonyl (C=O) groups excluding carboxylic acids is 1. The number of nitrogens with zero attached hydrogens (tertiary/aromatic N) is 3. The Balaban J connectivity index is 1.71. The summed E-state index contributed by atoms with van der Waals surface area (Å²) < 4.78 is 24.8. The Labute approximate surface area is 202 Å². The molecular formula is C22H16ClFN4O7. The molecule has 3 rings (SSSR count). The summed E-state index contributed by atoms with van der Waals surface area (Å²) in [6.07, 6.45) is 1.25. The SMILES string of the molecule is COc1cc(C=NNC(=O)c2cc([N+](=O)[O-])cc([N+](=O)[O-])c2)ccc1OCc1c(F)cccc1Cl. The van der Waals surface area contributed by atoms with Gasteiger partial charge < -0.3 is 9.47 Å². The molecule has 0 unspecified atom stereocenters. The molecule has 13 heteroatoms. The minimum atomic E-state index is -0.887. The van der Waals surface area contributed by atoms with Gasteiger partial charge in [0.05, 0.1) is 39.8 Å². The van der Waals surface area contributed by atoms with Crippen molar-refractivity contribution in [3.63, 3.8) is 0 Å². The summed E-state index contributed by atoms with van der Waals surface area (Å²) in [7, 11) is 1.40. The smallest absolute Gasteiger partial charge is 0.277 e. The molecule has 3 aromatic carbocycles. The maximum absolute atomic E-state index is 13.9. The Morgan fingerprint density at radius 1 is 1.09 bits per heavy atom. The van der Waals surface area contributed by atoms with Crippen molar-refractivity contribution in [1.29, 1.82) is 0 Å². The van der Waals surface area contributed by atoms with Gasteiger partial charge in [0.2, 0.25) is 0 Å². The highest BCUT2D eigenvalue weighted by molar-refractivity contribution is 6.31. The fraction of sp³-hybridized carbons (Fsp3) is 0.0909. The van der Waals surface area contributed by atoms with Gasteiger partial charge in [0.1, 0.15) is 12.4 Å². The van der Waals surface area contributed by atoms with Gasteiger partial charge in [0, 0.05) is 17.7 Å². The third-order valence-electron chi connectivity index (χ3n) is 4.59. The molecule has 0 aliphatic carbocycles. The van der Waals surface area contributed by atoms with Crippen LogP contribution in [0.4, 0.5) is 15.8 Å². The van der Waals surface area contributed by atoms with Crippen LogP contribution in [0.5, 0.6) is 11.5 Å². The summed E-state index contributed by atoms with van der Waals surface area (Å²) >= 11 is 6.00. The van der Waals surface area contributed by atoms with E-state index >= 15 is 0 Å². The number of carbonyl (C=O) groups is 1. The second-order valence-electron chi connectivity index (χ2n) is 6.85. The zero-order chi connectivity index (χ0) is 25.5. The van der Waals surface area contributed by atoms with Crippen molar-refractivity contribution in [3.05, 3.63) is 102 Å². The summed E-state index contributed by atoms with van der Waals surface area (Å²) in [6.45, 7) is -0.138. The van der Waals surface area contributed by atoms with Gasteiger partial charge >= 0.3 is 0 Å². The minimum Gasteiger partial charge on any atom is -0.493 e. The Morgan fingerprint density at radius 2 is 1.77 bits per heavy atom. The van der Waals surface area contributed by atoms with Crippen LogP contribution in [0.25, 0.3) is 0 Å². The molecule has 0 fully saturated rings. The third-order valence-corrected chi connectivity index (χ3v) is 4.94. The molecule has 0 saturated heterocycles. The molecule has 0 atom stereocenters. The van der Waals surface area contributed by atoms with Gasteiger partial charge in [-0.2, -0.15) is 5.10 Å². The van der Waals surface area contributed by atoms with E-state index in [4.69, 9.17) is 21.1 Å². The lowest BCUT2D eigenvalue weighted by Crippen LogP contribution is -2.18. The number of nitro benzene ring substituents is 2. The molecule has 1 N–H and O–H groups in total. The Bertz CT molecular complexity index is 1280. The van der Waals surface area contributed by atoms with Crippen LogP contribution in [0.3, 0.4) is 0 Å². The number of methoxy groups -OCH3 is 1. The first-order chi connectivity index (χ1) is 16.7. The molecule has 180 valence electrons. The van der Waals surface area contributed by atoms with Crippen LogP contribution in [0, 0.1) is 26.0 Å². The summed E-state index contributed by atoms with van der Waals surface area (Å²) in [5.74, 6) is -0.800. The fourth-order valence-electron chi connectivity index (χ4n) is 2.87. The third kappa shape index (κ3) is 6.26. The van der Waals surface area contributed by atoms with Gasteiger partial charge in [-0.05, 0) is 35.9 Å². The lowest BCUT2D eigenvalue weighted by Gasteiger charge is -2.12. The first-order valence-corrected chi connectivity index (χ1v) is 10.1. The molecule has 0 aromatic heterocycles. The zero-order valence-corrected chi connectivity index (χ0v) is 18.7. The number of halogens is 2. The van der Waals surface area contributed by atoms with Crippen LogP contribution in [-0.4, -0.2) is 29.1 Å². The average molecular weight is 503 g/mol. The summed E-state index contributed by atoms with van der Waals surface area (Å²) in [5.41, 5.74) is 1.29. The monoisotopic (exact) mass is 502 g/mol. The molecule has 11 nitrogen and oxygen atoms in total. The summed E-state index contributed by atoms with van der Waals surface area (Å²) in [5, 5.41) is 25.9. The zero-order valence-electron chi connectivity index (χ0n) is 17.9. The summed E-state index contributed by atoms with van der Waals surface area (Å²) in [6, 6.07) is 11.5. The number of nitro groups is 2. The van der Waals surface area contributed by atoms with Crippen LogP contribution in [-0.2, 0) is 6.61 Å². The highest BCUT2D eigenvalue weighted by Gasteiger charge is 2.19. The van der Waals surface area contributed by atoms with E-state index < -0.39 is 32.9 Å². The number of rotatable bonds is 9. The van der Waals surface area contributed by atoms with Crippen molar-refractivity contribution >= 4 is 35.1 Å². The number of ether oxygens (including phenoxy) is 2. The van der Waals surface area contributed by atoms with Crippen LogP contribution in [0.15, 0.2) is 59.7 Å². The number of hydrazone groups is 1. The molecule has 0 spiro atoms. The fourth-order valence-corrected chi connectivity index (χ4v) is 3.09. The largest absolute Gasteiger partial charge is 0.493 e. The molecule has 0 aliphatic heterocycles. The number of hydrogen-bond acceptors (Lipinski definition) is 8. The number of non-ortho nitro benzene ring substituents is 2. The Morgan fingerprint density at radius 3 is 2.37 bits per heavy atom. The molecule has 35 heavy (non-hydrogen) atoms. The topological polar surface area (TPSA) is 146 Å². The molecule has 0 aliphatic rings. The van der Waals surface area contributed by atoms with Gasteiger partial charge in [0.15, 0.2) is 11.5 Å². The normalized spacial score (nSPS) is 10.7. The van der Waals surface area contributed by atoms with Crippen LogP contribution >= 0.6 is 11.6 Å². The van der Waals surface area contributed by atoms with Crippen molar-refractivity contribution in [1.82, 2.24) is 5.43 Å². The van der Waals surface area contributed by atoms with E-state index in [1.165, 1.54) is 31.5 Å². The molecule has 0 radical (unpaired) electrons. The Kier molecular flexibility index (Phi) is 7.89. The van der Waals surface area contributed by atoms with E-state index in [-0.39, 0.29) is 22.8 Å². The van der Waals surface area contributed by atoms with Crippen LogP contribution in [0.2, 0.25) is 5.02 Å². The highest BCUT2D eigenvalue weighted by Crippen LogP contribution is 2.30. The van der Waals surface area contributed by atoms with Gasteiger partial charge in [-0.1, -0.05) is 17.7 Å². The molecule has 0 bridgehead atoms. The number of hydrogen-bond donors (Lipinski definition) is 1. The van der Waals surface area contributed by atoms with E-state index in [1.54, 1.807) is 18.2 Å².